The zero-order chi connectivity index (χ0) is 15.2. The maximum Gasteiger partial charge on any atom is 0.253 e. The molecule has 0 aromatic heterocycles. The molecule has 1 aromatic carbocycles. The summed E-state index contributed by atoms with van der Waals surface area (Å²) >= 11 is 5.90. The van der Waals surface area contributed by atoms with Crippen LogP contribution >= 0.6 is 11.6 Å². The van der Waals surface area contributed by atoms with E-state index in [0.717, 1.165) is 25.9 Å². The lowest BCUT2D eigenvalue weighted by Gasteiger charge is -2.12. The van der Waals surface area contributed by atoms with Gasteiger partial charge in [-0.3, -0.25) is 9.59 Å². The Bertz CT molecular complexity index is 528. The van der Waals surface area contributed by atoms with E-state index in [1.165, 1.54) is 0 Å². The maximum absolute atomic E-state index is 12.0. The number of benzene rings is 1. The Morgan fingerprint density at radius 1 is 1.43 bits per heavy atom. The highest BCUT2D eigenvalue weighted by atomic mass is 35.5. The summed E-state index contributed by atoms with van der Waals surface area (Å²) in [7, 11) is 1.54. The highest BCUT2D eigenvalue weighted by Gasteiger charge is 2.17. The van der Waals surface area contributed by atoms with E-state index in [4.69, 9.17) is 11.6 Å². The summed E-state index contributed by atoms with van der Waals surface area (Å²) in [4.78, 5) is 23.8. The van der Waals surface area contributed by atoms with Crippen molar-refractivity contribution in [1.82, 2.24) is 10.6 Å². The van der Waals surface area contributed by atoms with Crippen molar-refractivity contribution in [1.29, 1.82) is 0 Å². The SMILES string of the molecule is CNC(=O)c1cc(Cl)ccc1NC(=O)CCC1CCNC1. The van der Waals surface area contributed by atoms with Gasteiger partial charge in [0, 0.05) is 18.5 Å². The molecular formula is C15H20ClN3O2. The summed E-state index contributed by atoms with van der Waals surface area (Å²) < 4.78 is 0. The molecule has 1 aliphatic rings. The number of carbonyl (C=O) groups is 2. The van der Waals surface area contributed by atoms with Gasteiger partial charge in [-0.2, -0.15) is 0 Å². The van der Waals surface area contributed by atoms with Crippen LogP contribution in [0.5, 0.6) is 0 Å². The van der Waals surface area contributed by atoms with Crippen LogP contribution in [0.15, 0.2) is 18.2 Å². The lowest BCUT2D eigenvalue weighted by molar-refractivity contribution is -0.116. The summed E-state index contributed by atoms with van der Waals surface area (Å²) in [6.07, 6.45) is 2.45. The molecule has 1 aliphatic heterocycles. The minimum atomic E-state index is -0.271. The molecule has 6 heteroatoms. The second-order valence-corrected chi connectivity index (χ2v) is 5.65. The first kappa shape index (κ1) is 15.8. The Kier molecular flexibility index (Phi) is 5.59. The summed E-state index contributed by atoms with van der Waals surface area (Å²) in [6, 6.07) is 4.86. The van der Waals surface area contributed by atoms with Crippen LogP contribution in [0.4, 0.5) is 5.69 Å². The number of halogens is 1. The number of amides is 2. The van der Waals surface area contributed by atoms with Gasteiger partial charge in [-0.05, 0) is 50.0 Å². The smallest absolute Gasteiger partial charge is 0.253 e. The first-order valence-corrected chi connectivity index (χ1v) is 7.50. The average molecular weight is 310 g/mol. The molecule has 1 unspecified atom stereocenters. The molecule has 114 valence electrons. The van der Waals surface area contributed by atoms with Crippen molar-refractivity contribution in [3.63, 3.8) is 0 Å². The van der Waals surface area contributed by atoms with Crippen LogP contribution in [0.25, 0.3) is 0 Å². The predicted molar refractivity (Wildman–Crippen MR) is 83.7 cm³/mol. The lowest BCUT2D eigenvalue weighted by atomic mass is 10.0. The molecule has 3 N–H and O–H groups in total. The van der Waals surface area contributed by atoms with Gasteiger partial charge in [0.05, 0.1) is 11.3 Å². The van der Waals surface area contributed by atoms with Gasteiger partial charge in [-0.15, -0.1) is 0 Å². The Hall–Kier alpha value is -1.59. The van der Waals surface area contributed by atoms with E-state index in [1.54, 1.807) is 25.2 Å². The van der Waals surface area contributed by atoms with Crippen molar-refractivity contribution in [3.05, 3.63) is 28.8 Å². The highest BCUT2D eigenvalue weighted by Crippen LogP contribution is 2.21. The third-order valence-electron chi connectivity index (χ3n) is 3.67. The van der Waals surface area contributed by atoms with E-state index < -0.39 is 0 Å². The molecular weight excluding hydrogens is 290 g/mol. The van der Waals surface area contributed by atoms with E-state index >= 15 is 0 Å². The zero-order valence-electron chi connectivity index (χ0n) is 12.0. The fourth-order valence-electron chi connectivity index (χ4n) is 2.46. The number of hydrogen-bond donors (Lipinski definition) is 3. The lowest BCUT2D eigenvalue weighted by Crippen LogP contribution is -2.22. The predicted octanol–water partition coefficient (Wildman–Crippen LogP) is 2.03. The van der Waals surface area contributed by atoms with Crippen LogP contribution < -0.4 is 16.0 Å². The van der Waals surface area contributed by atoms with Crippen molar-refractivity contribution in [2.45, 2.75) is 19.3 Å². The molecule has 0 radical (unpaired) electrons. The molecule has 0 bridgehead atoms. The largest absolute Gasteiger partial charge is 0.355 e. The second kappa shape index (κ2) is 7.43. The highest BCUT2D eigenvalue weighted by molar-refractivity contribution is 6.31. The summed E-state index contributed by atoms with van der Waals surface area (Å²) in [6.45, 7) is 2.02. The van der Waals surface area contributed by atoms with Crippen LogP contribution in [0, 0.1) is 5.92 Å². The van der Waals surface area contributed by atoms with Gasteiger partial charge in [0.15, 0.2) is 0 Å². The summed E-state index contributed by atoms with van der Waals surface area (Å²) in [5, 5.41) is 9.09. The molecule has 0 saturated carbocycles. The van der Waals surface area contributed by atoms with E-state index in [0.29, 0.717) is 28.6 Å². The fourth-order valence-corrected chi connectivity index (χ4v) is 2.63. The van der Waals surface area contributed by atoms with E-state index in [-0.39, 0.29) is 11.8 Å². The molecule has 1 aromatic rings. The number of carbonyl (C=O) groups excluding carboxylic acids is 2. The Morgan fingerprint density at radius 2 is 2.24 bits per heavy atom. The standard InChI is InChI=1S/C15H20ClN3O2/c1-17-15(21)12-8-11(16)3-4-13(12)19-14(20)5-2-10-6-7-18-9-10/h3-4,8,10,18H,2,5-7,9H2,1H3,(H,17,21)(H,19,20). The van der Waals surface area contributed by atoms with Gasteiger partial charge in [-0.1, -0.05) is 11.6 Å². The maximum atomic E-state index is 12.0. The third-order valence-corrected chi connectivity index (χ3v) is 3.90. The van der Waals surface area contributed by atoms with E-state index in [1.807, 2.05) is 0 Å². The number of nitrogens with one attached hydrogen (secondary N) is 3. The molecule has 0 aliphatic carbocycles. The van der Waals surface area contributed by atoms with Crippen LogP contribution in [0.2, 0.25) is 5.02 Å². The van der Waals surface area contributed by atoms with Crippen LogP contribution in [0.1, 0.15) is 29.6 Å². The molecule has 1 fully saturated rings. The first-order chi connectivity index (χ1) is 10.1. The molecule has 5 nitrogen and oxygen atoms in total. The quantitative estimate of drug-likeness (QED) is 0.779. The molecule has 1 saturated heterocycles. The van der Waals surface area contributed by atoms with E-state index in [2.05, 4.69) is 16.0 Å². The van der Waals surface area contributed by atoms with Crippen molar-refractivity contribution < 1.29 is 9.59 Å². The minimum absolute atomic E-state index is 0.0747. The van der Waals surface area contributed by atoms with E-state index in [9.17, 15) is 9.59 Å². The molecule has 21 heavy (non-hydrogen) atoms. The molecule has 0 spiro atoms. The third kappa shape index (κ3) is 4.44. The van der Waals surface area contributed by atoms with Gasteiger partial charge in [-0.25, -0.2) is 0 Å². The van der Waals surface area contributed by atoms with Crippen molar-refractivity contribution in [2.24, 2.45) is 5.92 Å². The van der Waals surface area contributed by atoms with Crippen LogP contribution in [0.3, 0.4) is 0 Å². The average Bonchev–Trinajstić information content (AvgIpc) is 2.99. The monoisotopic (exact) mass is 309 g/mol. The number of hydrogen-bond acceptors (Lipinski definition) is 3. The first-order valence-electron chi connectivity index (χ1n) is 7.12. The molecule has 2 rings (SSSR count). The second-order valence-electron chi connectivity index (χ2n) is 5.21. The van der Waals surface area contributed by atoms with Gasteiger partial charge >= 0.3 is 0 Å². The van der Waals surface area contributed by atoms with Crippen molar-refractivity contribution in [3.8, 4) is 0 Å². The van der Waals surface area contributed by atoms with Crippen molar-refractivity contribution in [2.75, 3.05) is 25.5 Å². The minimum Gasteiger partial charge on any atom is -0.355 e. The van der Waals surface area contributed by atoms with Crippen LogP contribution in [-0.2, 0) is 4.79 Å². The number of rotatable bonds is 5. The topological polar surface area (TPSA) is 70.2 Å². The Labute approximate surface area is 129 Å². The Balaban J connectivity index is 1.97. The van der Waals surface area contributed by atoms with Crippen LogP contribution in [-0.4, -0.2) is 32.0 Å². The molecule has 2 amide bonds. The van der Waals surface area contributed by atoms with Gasteiger partial charge in [0.25, 0.3) is 5.91 Å². The van der Waals surface area contributed by atoms with Crippen molar-refractivity contribution >= 4 is 29.1 Å². The van der Waals surface area contributed by atoms with Gasteiger partial charge in [0.1, 0.15) is 0 Å². The molecule has 1 heterocycles. The summed E-state index contributed by atoms with van der Waals surface area (Å²) in [5.41, 5.74) is 0.870. The zero-order valence-corrected chi connectivity index (χ0v) is 12.8. The van der Waals surface area contributed by atoms with Gasteiger partial charge < -0.3 is 16.0 Å². The molecule has 1 atom stereocenters. The number of anilines is 1. The van der Waals surface area contributed by atoms with Gasteiger partial charge in [0.2, 0.25) is 5.91 Å². The fraction of sp³-hybridized carbons (Fsp3) is 0.467. The summed E-state index contributed by atoms with van der Waals surface area (Å²) in [5.74, 6) is 0.224. The normalized spacial score (nSPS) is 17.5. The Morgan fingerprint density at radius 3 is 2.90 bits per heavy atom.